The highest BCUT2D eigenvalue weighted by Crippen LogP contribution is 2.36. The molecule has 10 heteroatoms. The van der Waals surface area contributed by atoms with Crippen molar-refractivity contribution in [3.63, 3.8) is 0 Å². The molecule has 8 nitrogen and oxygen atoms in total. The number of nitrogens with one attached hydrogen (secondary N) is 2. The average Bonchev–Trinajstić information content (AvgIpc) is 3.24. The summed E-state index contributed by atoms with van der Waals surface area (Å²) in [6, 6.07) is 6.42. The molecule has 2 aliphatic rings. The van der Waals surface area contributed by atoms with Crippen molar-refractivity contribution in [2.24, 2.45) is 0 Å². The molecule has 1 saturated heterocycles. The molecule has 0 spiro atoms. The number of rotatable bonds is 4. The number of halogens is 2. The van der Waals surface area contributed by atoms with E-state index < -0.39 is 17.7 Å². The van der Waals surface area contributed by atoms with Crippen molar-refractivity contribution in [3.8, 4) is 0 Å². The molecule has 1 fully saturated rings. The number of nitrogens with zero attached hydrogens (tertiary/aromatic N) is 4. The van der Waals surface area contributed by atoms with Crippen LogP contribution in [0.2, 0.25) is 0 Å². The Hall–Kier alpha value is -3.53. The summed E-state index contributed by atoms with van der Waals surface area (Å²) in [5.74, 6) is -1.77. The van der Waals surface area contributed by atoms with E-state index in [-0.39, 0.29) is 23.3 Å². The summed E-state index contributed by atoms with van der Waals surface area (Å²) in [7, 11) is 1.47. The number of hydrogen-bond donors (Lipinski definition) is 2. The molecule has 1 aromatic carbocycles. The van der Waals surface area contributed by atoms with Gasteiger partial charge in [-0.1, -0.05) is 0 Å². The van der Waals surface area contributed by atoms with Crippen molar-refractivity contribution in [2.45, 2.75) is 19.5 Å². The molecule has 4 heterocycles. The highest BCUT2D eigenvalue weighted by Gasteiger charge is 2.29. The van der Waals surface area contributed by atoms with E-state index in [0.29, 0.717) is 49.5 Å². The molecule has 2 amide bonds. The zero-order valence-electron chi connectivity index (χ0n) is 18.4. The second kappa shape index (κ2) is 8.11. The highest BCUT2D eigenvalue weighted by molar-refractivity contribution is 6.06. The van der Waals surface area contributed by atoms with Crippen LogP contribution in [0.1, 0.15) is 29.0 Å². The first-order valence-electron chi connectivity index (χ1n) is 10.9. The van der Waals surface area contributed by atoms with Gasteiger partial charge in [0.15, 0.2) is 5.82 Å². The Labute approximate surface area is 189 Å². The number of pyridine rings is 1. The Kier molecular flexibility index (Phi) is 5.24. The van der Waals surface area contributed by atoms with Gasteiger partial charge in [0, 0.05) is 56.9 Å². The third kappa shape index (κ3) is 3.60. The van der Waals surface area contributed by atoms with Crippen LogP contribution in [0.4, 0.5) is 20.2 Å². The predicted molar refractivity (Wildman–Crippen MR) is 120 cm³/mol. The Morgan fingerprint density at radius 2 is 1.97 bits per heavy atom. The number of carbonyl (C=O) groups excluding carboxylic acids is 2. The summed E-state index contributed by atoms with van der Waals surface area (Å²) in [4.78, 5) is 31.6. The zero-order chi connectivity index (χ0) is 23.3. The van der Waals surface area contributed by atoms with Gasteiger partial charge in [-0.15, -0.1) is 0 Å². The van der Waals surface area contributed by atoms with Gasteiger partial charge in [0.25, 0.3) is 5.91 Å². The maximum atomic E-state index is 15.3. The molecule has 3 aromatic rings. The third-order valence-electron chi connectivity index (χ3n) is 6.45. The van der Waals surface area contributed by atoms with Crippen molar-refractivity contribution >= 4 is 34.1 Å². The molecule has 0 bridgehead atoms. The van der Waals surface area contributed by atoms with Gasteiger partial charge in [-0.3, -0.25) is 14.5 Å². The van der Waals surface area contributed by atoms with Crippen molar-refractivity contribution in [1.29, 1.82) is 0 Å². The van der Waals surface area contributed by atoms with Gasteiger partial charge in [-0.2, -0.15) is 4.39 Å². The van der Waals surface area contributed by atoms with E-state index in [1.807, 2.05) is 23.2 Å². The molecule has 1 atom stereocenters. The summed E-state index contributed by atoms with van der Waals surface area (Å²) < 4.78 is 31.6. The van der Waals surface area contributed by atoms with Crippen molar-refractivity contribution < 1.29 is 18.4 Å². The van der Waals surface area contributed by atoms with Crippen LogP contribution in [0.3, 0.4) is 0 Å². The molecule has 0 saturated carbocycles. The molecule has 5 rings (SSSR count). The number of benzene rings is 1. The number of carbonyl (C=O) groups is 2. The Morgan fingerprint density at radius 3 is 2.67 bits per heavy atom. The topological polar surface area (TPSA) is 82.5 Å². The maximum Gasteiger partial charge on any atom is 0.269 e. The molecule has 2 N–H and O–H groups in total. The normalized spacial score (nSPS) is 18.5. The second-order valence-electron chi connectivity index (χ2n) is 8.40. The van der Waals surface area contributed by atoms with Gasteiger partial charge in [0.2, 0.25) is 11.9 Å². The first-order valence-corrected chi connectivity index (χ1v) is 10.9. The van der Waals surface area contributed by atoms with Crippen molar-refractivity contribution in [1.82, 2.24) is 19.8 Å². The fraction of sp³-hybridized carbons (Fsp3) is 0.348. The first-order chi connectivity index (χ1) is 15.9. The zero-order valence-corrected chi connectivity index (χ0v) is 18.4. The van der Waals surface area contributed by atoms with Crippen LogP contribution in [0.25, 0.3) is 10.9 Å². The van der Waals surface area contributed by atoms with Crippen LogP contribution in [-0.4, -0.2) is 59.5 Å². The van der Waals surface area contributed by atoms with Crippen LogP contribution >= 0.6 is 0 Å². The highest BCUT2D eigenvalue weighted by atomic mass is 19.1. The van der Waals surface area contributed by atoms with Crippen LogP contribution in [0.15, 0.2) is 30.5 Å². The third-order valence-corrected chi connectivity index (χ3v) is 6.45. The summed E-state index contributed by atoms with van der Waals surface area (Å²) in [6.07, 6.45) is 1.82. The lowest BCUT2D eigenvalue weighted by atomic mass is 10.1. The van der Waals surface area contributed by atoms with Gasteiger partial charge < -0.3 is 20.1 Å². The molecular formula is C23H24F2N6O2. The lowest BCUT2D eigenvalue weighted by Gasteiger charge is -2.36. The van der Waals surface area contributed by atoms with Crippen molar-refractivity contribution in [3.05, 3.63) is 53.5 Å². The lowest BCUT2D eigenvalue weighted by molar-refractivity contribution is -0.118. The predicted octanol–water partition coefficient (Wildman–Crippen LogP) is 2.51. The number of aromatic nitrogens is 2. The molecule has 2 aromatic heterocycles. The number of anilines is 2. The van der Waals surface area contributed by atoms with Gasteiger partial charge in [0.05, 0.1) is 11.2 Å². The largest absolute Gasteiger partial charge is 0.365 e. The van der Waals surface area contributed by atoms with E-state index in [4.69, 9.17) is 0 Å². The molecule has 1 unspecified atom stereocenters. The Bertz CT molecular complexity index is 1270. The monoisotopic (exact) mass is 454 g/mol. The van der Waals surface area contributed by atoms with Gasteiger partial charge in [-0.25, -0.2) is 9.37 Å². The minimum atomic E-state index is -0.686. The first kappa shape index (κ1) is 21.3. The maximum absolute atomic E-state index is 15.3. The molecular weight excluding hydrogens is 430 g/mol. The summed E-state index contributed by atoms with van der Waals surface area (Å²) in [5, 5.41) is 6.03. The van der Waals surface area contributed by atoms with E-state index in [9.17, 15) is 14.0 Å². The van der Waals surface area contributed by atoms with Crippen molar-refractivity contribution in [2.75, 3.05) is 43.4 Å². The fourth-order valence-electron chi connectivity index (χ4n) is 4.58. The van der Waals surface area contributed by atoms with Crippen LogP contribution in [0, 0.1) is 11.8 Å². The second-order valence-corrected chi connectivity index (χ2v) is 8.40. The minimum absolute atomic E-state index is 0.0301. The minimum Gasteiger partial charge on any atom is -0.365 e. The molecule has 33 heavy (non-hydrogen) atoms. The van der Waals surface area contributed by atoms with Gasteiger partial charge in [-0.05, 0) is 31.2 Å². The number of piperazine rings is 1. The SMILES string of the molecule is CNC(=O)c1ccc(N2CCN(Cc3cc4ccn5c4c(c3F)NC(=O)C5C)CC2)c(F)n1. The lowest BCUT2D eigenvalue weighted by Crippen LogP contribution is -2.46. The van der Waals surface area contributed by atoms with E-state index in [1.165, 1.54) is 13.1 Å². The quantitative estimate of drug-likeness (QED) is 0.592. The molecule has 172 valence electrons. The molecule has 2 aliphatic heterocycles. The van der Waals surface area contributed by atoms with E-state index in [2.05, 4.69) is 20.5 Å². The van der Waals surface area contributed by atoms with Crippen LogP contribution in [0.5, 0.6) is 0 Å². The van der Waals surface area contributed by atoms with E-state index in [1.54, 1.807) is 17.6 Å². The van der Waals surface area contributed by atoms with Gasteiger partial charge >= 0.3 is 0 Å². The van der Waals surface area contributed by atoms with E-state index >= 15 is 4.39 Å². The van der Waals surface area contributed by atoms with E-state index in [0.717, 1.165) is 5.39 Å². The van der Waals surface area contributed by atoms with Crippen LogP contribution in [-0.2, 0) is 11.3 Å². The summed E-state index contributed by atoms with van der Waals surface area (Å²) in [6.45, 7) is 4.46. The average molecular weight is 454 g/mol. The summed E-state index contributed by atoms with van der Waals surface area (Å²) in [5.41, 5.74) is 1.83. The number of hydrogen-bond acceptors (Lipinski definition) is 5. The van der Waals surface area contributed by atoms with Gasteiger partial charge in [0.1, 0.15) is 17.4 Å². The Morgan fingerprint density at radius 1 is 1.21 bits per heavy atom. The number of amides is 2. The standard InChI is InChI=1S/C23H24F2N6O2/c1-13-22(32)28-19-18(24)15(11-14-5-6-31(13)20(14)19)12-29-7-9-30(10-8-29)17-4-3-16(23(33)26-2)27-21(17)25/h3-6,11,13H,7-10,12H2,1-2H3,(H,26,33)(H,28,32). The Balaban J connectivity index is 1.31. The smallest absolute Gasteiger partial charge is 0.269 e. The van der Waals surface area contributed by atoms with Crippen LogP contribution < -0.4 is 15.5 Å². The molecule has 0 aliphatic carbocycles. The summed E-state index contributed by atoms with van der Waals surface area (Å²) >= 11 is 0. The molecule has 0 radical (unpaired) electrons. The fourth-order valence-corrected chi connectivity index (χ4v) is 4.58.